The summed E-state index contributed by atoms with van der Waals surface area (Å²) in [7, 11) is 0. The molecule has 0 aliphatic carbocycles. The minimum atomic E-state index is -0.131. The number of nitrogens with one attached hydrogen (secondary N) is 1. The zero-order chi connectivity index (χ0) is 22.9. The van der Waals surface area contributed by atoms with Crippen LogP contribution in [0.1, 0.15) is 48.8 Å². The van der Waals surface area contributed by atoms with Crippen LogP contribution in [0.2, 0.25) is 0 Å². The number of carbonyl (C=O) groups is 2. The van der Waals surface area contributed by atoms with Crippen molar-refractivity contribution >= 4 is 33.4 Å². The SMILES string of the molecule is CCn1c(C(=O)N2CCC(C(=O)N[C@@H](C)c3ccc4c(c3)OCCO4)CC2)cc2sccc21. The molecule has 2 aliphatic rings. The summed E-state index contributed by atoms with van der Waals surface area (Å²) in [5.74, 6) is 1.49. The summed E-state index contributed by atoms with van der Waals surface area (Å²) in [5.41, 5.74) is 2.85. The van der Waals surface area contributed by atoms with Gasteiger partial charge in [-0.3, -0.25) is 9.59 Å². The summed E-state index contributed by atoms with van der Waals surface area (Å²) in [6.45, 7) is 7.09. The molecule has 174 valence electrons. The Morgan fingerprint density at radius 2 is 1.88 bits per heavy atom. The van der Waals surface area contributed by atoms with Crippen LogP contribution in [0.3, 0.4) is 0 Å². The molecule has 0 radical (unpaired) electrons. The number of likely N-dealkylation sites (tertiary alicyclic amines) is 1. The summed E-state index contributed by atoms with van der Waals surface area (Å²) in [4.78, 5) is 28.0. The molecule has 5 rings (SSSR count). The lowest BCUT2D eigenvalue weighted by molar-refractivity contribution is -0.127. The van der Waals surface area contributed by atoms with Crippen LogP contribution in [0.5, 0.6) is 11.5 Å². The highest BCUT2D eigenvalue weighted by atomic mass is 32.1. The average Bonchev–Trinajstić information content (AvgIpc) is 3.44. The first kappa shape index (κ1) is 21.8. The van der Waals surface area contributed by atoms with E-state index < -0.39 is 0 Å². The summed E-state index contributed by atoms with van der Waals surface area (Å²) >= 11 is 1.66. The van der Waals surface area contributed by atoms with Gasteiger partial charge < -0.3 is 24.3 Å². The number of benzene rings is 1. The fourth-order valence-corrected chi connectivity index (χ4v) is 5.57. The van der Waals surface area contributed by atoms with Crippen molar-refractivity contribution in [1.29, 1.82) is 0 Å². The van der Waals surface area contributed by atoms with E-state index in [-0.39, 0.29) is 23.8 Å². The van der Waals surface area contributed by atoms with E-state index in [0.29, 0.717) is 39.1 Å². The maximum Gasteiger partial charge on any atom is 0.270 e. The van der Waals surface area contributed by atoms with E-state index >= 15 is 0 Å². The average molecular weight is 468 g/mol. The smallest absolute Gasteiger partial charge is 0.270 e. The van der Waals surface area contributed by atoms with Gasteiger partial charge in [0.25, 0.3) is 5.91 Å². The molecule has 2 aromatic heterocycles. The number of aromatic nitrogens is 1. The molecule has 33 heavy (non-hydrogen) atoms. The summed E-state index contributed by atoms with van der Waals surface area (Å²) < 4.78 is 14.5. The zero-order valence-corrected chi connectivity index (χ0v) is 19.8. The lowest BCUT2D eigenvalue weighted by Gasteiger charge is -2.32. The second-order valence-corrected chi connectivity index (χ2v) is 9.59. The molecule has 1 aromatic carbocycles. The monoisotopic (exact) mass is 467 g/mol. The predicted molar refractivity (Wildman–Crippen MR) is 128 cm³/mol. The number of nitrogens with zero attached hydrogens (tertiary/aromatic N) is 2. The van der Waals surface area contributed by atoms with E-state index in [0.717, 1.165) is 39.5 Å². The lowest BCUT2D eigenvalue weighted by Crippen LogP contribution is -2.43. The van der Waals surface area contributed by atoms with Gasteiger partial charge in [0.05, 0.1) is 16.3 Å². The van der Waals surface area contributed by atoms with Gasteiger partial charge >= 0.3 is 0 Å². The second kappa shape index (κ2) is 9.09. The number of ether oxygens (including phenoxy) is 2. The van der Waals surface area contributed by atoms with Gasteiger partial charge in [-0.1, -0.05) is 6.07 Å². The molecular weight excluding hydrogens is 438 g/mol. The molecular formula is C25H29N3O4S. The van der Waals surface area contributed by atoms with E-state index in [2.05, 4.69) is 28.3 Å². The van der Waals surface area contributed by atoms with E-state index in [1.807, 2.05) is 36.1 Å². The van der Waals surface area contributed by atoms with Crippen LogP contribution >= 0.6 is 11.3 Å². The fraction of sp³-hybridized carbons (Fsp3) is 0.440. The molecule has 0 bridgehead atoms. The number of fused-ring (bicyclic) bond motifs is 2. The maximum atomic E-state index is 13.2. The number of amides is 2. The Balaban J connectivity index is 1.18. The lowest BCUT2D eigenvalue weighted by atomic mass is 9.95. The Hall–Kier alpha value is -3.00. The van der Waals surface area contributed by atoms with E-state index in [1.54, 1.807) is 11.3 Å². The van der Waals surface area contributed by atoms with Gasteiger partial charge in [-0.25, -0.2) is 0 Å². The summed E-state index contributed by atoms with van der Waals surface area (Å²) in [6.07, 6.45) is 1.35. The van der Waals surface area contributed by atoms with Gasteiger partial charge in [-0.2, -0.15) is 0 Å². The van der Waals surface area contributed by atoms with Gasteiger partial charge in [0.1, 0.15) is 18.9 Å². The highest BCUT2D eigenvalue weighted by Crippen LogP contribution is 2.33. The number of carbonyl (C=O) groups excluding carboxylic acids is 2. The van der Waals surface area contributed by atoms with Crippen molar-refractivity contribution in [1.82, 2.24) is 14.8 Å². The van der Waals surface area contributed by atoms with Crippen molar-refractivity contribution in [3.63, 3.8) is 0 Å². The Morgan fingerprint density at radius 3 is 2.64 bits per heavy atom. The first-order chi connectivity index (χ1) is 16.0. The Bertz CT molecular complexity index is 1180. The number of thiophene rings is 1. The predicted octanol–water partition coefficient (Wildman–Crippen LogP) is 4.22. The van der Waals surface area contributed by atoms with Crippen LogP contribution in [0.15, 0.2) is 35.7 Å². The van der Waals surface area contributed by atoms with E-state index in [9.17, 15) is 9.59 Å². The molecule has 1 atom stereocenters. The minimum Gasteiger partial charge on any atom is -0.486 e. The van der Waals surface area contributed by atoms with Crippen LogP contribution in [-0.4, -0.2) is 47.6 Å². The summed E-state index contributed by atoms with van der Waals surface area (Å²) in [6, 6.07) is 9.74. The largest absolute Gasteiger partial charge is 0.486 e. The van der Waals surface area contributed by atoms with Crippen LogP contribution in [0, 0.1) is 5.92 Å². The van der Waals surface area contributed by atoms with Crippen LogP contribution in [0.25, 0.3) is 10.2 Å². The van der Waals surface area contributed by atoms with Crippen molar-refractivity contribution in [2.75, 3.05) is 26.3 Å². The standard InChI is InChI=1S/C25H29N3O4S/c1-3-28-19-8-13-33-23(19)15-20(28)25(30)27-9-6-17(7-10-27)24(29)26-16(2)18-4-5-21-22(14-18)32-12-11-31-21/h4-5,8,13-17H,3,6-7,9-12H2,1-2H3,(H,26,29)/t16-/m0/s1. The number of aryl methyl sites for hydroxylation is 1. The number of piperidine rings is 1. The Morgan fingerprint density at radius 1 is 1.12 bits per heavy atom. The molecule has 4 heterocycles. The van der Waals surface area contributed by atoms with Gasteiger partial charge in [0, 0.05) is 25.6 Å². The van der Waals surface area contributed by atoms with Crippen LogP contribution in [-0.2, 0) is 11.3 Å². The molecule has 1 N–H and O–H groups in total. The van der Waals surface area contributed by atoms with Gasteiger partial charge in [0.15, 0.2) is 11.5 Å². The van der Waals surface area contributed by atoms with E-state index in [4.69, 9.17) is 9.47 Å². The molecule has 2 aliphatic heterocycles. The van der Waals surface area contributed by atoms with Crippen molar-refractivity contribution in [3.8, 4) is 11.5 Å². The zero-order valence-electron chi connectivity index (χ0n) is 19.0. The number of hydrogen-bond donors (Lipinski definition) is 1. The molecule has 1 saturated heterocycles. The highest BCUT2D eigenvalue weighted by Gasteiger charge is 2.30. The third kappa shape index (κ3) is 4.19. The fourth-order valence-electron chi connectivity index (χ4n) is 4.75. The second-order valence-electron chi connectivity index (χ2n) is 8.64. The molecule has 2 amide bonds. The Labute approximate surface area is 197 Å². The van der Waals surface area contributed by atoms with Crippen molar-refractivity contribution < 1.29 is 19.1 Å². The third-order valence-electron chi connectivity index (χ3n) is 6.64. The van der Waals surface area contributed by atoms with Crippen LogP contribution < -0.4 is 14.8 Å². The van der Waals surface area contributed by atoms with Crippen molar-refractivity contribution in [3.05, 3.63) is 47.0 Å². The van der Waals surface area contributed by atoms with Gasteiger partial charge in [-0.05, 0) is 61.9 Å². The topological polar surface area (TPSA) is 72.8 Å². The van der Waals surface area contributed by atoms with Crippen LogP contribution in [0.4, 0.5) is 0 Å². The van der Waals surface area contributed by atoms with Crippen molar-refractivity contribution in [2.24, 2.45) is 5.92 Å². The normalized spacial score (nSPS) is 17.2. The molecule has 0 saturated carbocycles. The maximum absolute atomic E-state index is 13.2. The highest BCUT2D eigenvalue weighted by molar-refractivity contribution is 7.17. The molecule has 7 nitrogen and oxygen atoms in total. The van der Waals surface area contributed by atoms with Gasteiger partial charge in [-0.15, -0.1) is 11.3 Å². The number of hydrogen-bond acceptors (Lipinski definition) is 5. The molecule has 0 spiro atoms. The minimum absolute atomic E-state index is 0.0435. The third-order valence-corrected chi connectivity index (χ3v) is 7.49. The van der Waals surface area contributed by atoms with Crippen molar-refractivity contribution in [2.45, 2.75) is 39.3 Å². The first-order valence-electron chi connectivity index (χ1n) is 11.6. The Kier molecular flexibility index (Phi) is 6.01. The quantitative estimate of drug-likeness (QED) is 0.610. The molecule has 3 aromatic rings. The molecule has 8 heteroatoms. The van der Waals surface area contributed by atoms with Gasteiger partial charge in [0.2, 0.25) is 5.91 Å². The number of rotatable bonds is 5. The molecule has 0 unspecified atom stereocenters. The molecule has 1 fully saturated rings. The van der Waals surface area contributed by atoms with E-state index in [1.165, 1.54) is 0 Å². The first-order valence-corrected chi connectivity index (χ1v) is 12.5. The summed E-state index contributed by atoms with van der Waals surface area (Å²) in [5, 5.41) is 5.20.